The summed E-state index contributed by atoms with van der Waals surface area (Å²) in [6, 6.07) is 5.58. The molecule has 0 bridgehead atoms. The van der Waals surface area contributed by atoms with Gasteiger partial charge in [-0.1, -0.05) is 6.07 Å². The van der Waals surface area contributed by atoms with Crippen LogP contribution in [0.1, 0.15) is 0 Å². The lowest BCUT2D eigenvalue weighted by Gasteiger charge is -2.05. The van der Waals surface area contributed by atoms with Crippen LogP contribution in [-0.4, -0.2) is 30.8 Å². The van der Waals surface area contributed by atoms with Crippen LogP contribution < -0.4 is 5.32 Å². The Hall–Kier alpha value is -1.46. The fourth-order valence-electron chi connectivity index (χ4n) is 0.993. The monoisotopic (exact) mass is 213 g/mol. The number of aliphatic hydroxyl groups excluding tert-OH is 1. The SMILES string of the molecule is O=C(COCCO)Nc1cccc(F)c1. The Morgan fingerprint density at radius 2 is 2.33 bits per heavy atom. The second-order valence-electron chi connectivity index (χ2n) is 2.83. The van der Waals surface area contributed by atoms with E-state index in [1.165, 1.54) is 18.2 Å². The van der Waals surface area contributed by atoms with Gasteiger partial charge in [-0.25, -0.2) is 4.39 Å². The fraction of sp³-hybridized carbons (Fsp3) is 0.300. The Morgan fingerprint density at radius 3 is 3.00 bits per heavy atom. The topological polar surface area (TPSA) is 58.6 Å². The van der Waals surface area contributed by atoms with Gasteiger partial charge < -0.3 is 15.2 Å². The van der Waals surface area contributed by atoms with Crippen LogP contribution in [0.25, 0.3) is 0 Å². The van der Waals surface area contributed by atoms with Gasteiger partial charge in [-0.3, -0.25) is 4.79 Å². The molecule has 1 aromatic carbocycles. The predicted octanol–water partition coefficient (Wildman–Crippen LogP) is 0.773. The van der Waals surface area contributed by atoms with Crippen molar-refractivity contribution >= 4 is 11.6 Å². The molecular weight excluding hydrogens is 201 g/mol. The standard InChI is InChI=1S/C10H12FNO3/c11-8-2-1-3-9(6-8)12-10(14)7-15-5-4-13/h1-3,6,13H,4-5,7H2,(H,12,14). The molecule has 0 aliphatic heterocycles. The number of carbonyl (C=O) groups excluding carboxylic acids is 1. The molecule has 0 radical (unpaired) electrons. The number of benzene rings is 1. The van der Waals surface area contributed by atoms with E-state index in [1.807, 2.05) is 0 Å². The van der Waals surface area contributed by atoms with Gasteiger partial charge in [-0.2, -0.15) is 0 Å². The first-order valence-corrected chi connectivity index (χ1v) is 4.46. The Labute approximate surface area is 86.7 Å². The molecule has 1 amide bonds. The molecule has 2 N–H and O–H groups in total. The molecule has 0 aliphatic carbocycles. The van der Waals surface area contributed by atoms with Crippen LogP contribution in [-0.2, 0) is 9.53 Å². The number of halogens is 1. The molecule has 0 aliphatic rings. The largest absolute Gasteiger partial charge is 0.394 e. The minimum atomic E-state index is -0.413. The van der Waals surface area contributed by atoms with Crippen molar-refractivity contribution in [2.45, 2.75) is 0 Å². The van der Waals surface area contributed by atoms with Crippen LogP contribution in [0.5, 0.6) is 0 Å². The van der Waals surface area contributed by atoms with E-state index in [1.54, 1.807) is 6.07 Å². The quantitative estimate of drug-likeness (QED) is 0.710. The summed E-state index contributed by atoms with van der Waals surface area (Å²) < 4.78 is 17.5. The third kappa shape index (κ3) is 4.53. The lowest BCUT2D eigenvalue weighted by atomic mass is 10.3. The molecule has 0 saturated carbocycles. The van der Waals surface area contributed by atoms with Gasteiger partial charge in [0.1, 0.15) is 12.4 Å². The smallest absolute Gasteiger partial charge is 0.250 e. The highest BCUT2D eigenvalue weighted by atomic mass is 19.1. The van der Waals surface area contributed by atoms with Crippen molar-refractivity contribution in [2.24, 2.45) is 0 Å². The van der Waals surface area contributed by atoms with E-state index in [-0.39, 0.29) is 25.7 Å². The fourth-order valence-corrected chi connectivity index (χ4v) is 0.993. The second kappa shape index (κ2) is 6.10. The summed E-state index contributed by atoms with van der Waals surface area (Å²) in [5, 5.41) is 10.9. The van der Waals surface area contributed by atoms with Crippen molar-refractivity contribution < 1.29 is 19.0 Å². The van der Waals surface area contributed by atoms with E-state index >= 15 is 0 Å². The van der Waals surface area contributed by atoms with Gasteiger partial charge in [0.15, 0.2) is 0 Å². The number of carbonyl (C=O) groups is 1. The van der Waals surface area contributed by atoms with Crippen molar-refractivity contribution in [3.8, 4) is 0 Å². The molecule has 15 heavy (non-hydrogen) atoms. The summed E-state index contributed by atoms with van der Waals surface area (Å²) in [6.45, 7) is -0.180. The normalized spacial score (nSPS) is 10.0. The number of hydrogen-bond donors (Lipinski definition) is 2. The molecule has 0 aromatic heterocycles. The molecule has 4 nitrogen and oxygen atoms in total. The van der Waals surface area contributed by atoms with E-state index in [2.05, 4.69) is 5.32 Å². The van der Waals surface area contributed by atoms with Crippen LogP contribution in [0, 0.1) is 5.82 Å². The Kier molecular flexibility index (Phi) is 4.73. The maximum Gasteiger partial charge on any atom is 0.250 e. The van der Waals surface area contributed by atoms with Crippen molar-refractivity contribution in [3.05, 3.63) is 30.1 Å². The second-order valence-corrected chi connectivity index (χ2v) is 2.83. The average molecular weight is 213 g/mol. The average Bonchev–Trinajstić information content (AvgIpc) is 2.18. The van der Waals surface area contributed by atoms with Crippen LogP contribution in [0.2, 0.25) is 0 Å². The van der Waals surface area contributed by atoms with Crippen molar-refractivity contribution in [3.63, 3.8) is 0 Å². The summed E-state index contributed by atoms with van der Waals surface area (Å²) in [4.78, 5) is 11.2. The highest BCUT2D eigenvalue weighted by Crippen LogP contribution is 2.08. The van der Waals surface area contributed by atoms with Crippen LogP contribution >= 0.6 is 0 Å². The van der Waals surface area contributed by atoms with Crippen molar-refractivity contribution in [2.75, 3.05) is 25.1 Å². The minimum Gasteiger partial charge on any atom is -0.394 e. The van der Waals surface area contributed by atoms with Crippen LogP contribution in [0.15, 0.2) is 24.3 Å². The van der Waals surface area contributed by atoms with Crippen LogP contribution in [0.3, 0.4) is 0 Å². The van der Waals surface area contributed by atoms with Gasteiger partial charge in [-0.05, 0) is 18.2 Å². The van der Waals surface area contributed by atoms with Crippen molar-refractivity contribution in [1.82, 2.24) is 0 Å². The minimum absolute atomic E-state index is 0.108. The number of amides is 1. The molecule has 0 unspecified atom stereocenters. The van der Waals surface area contributed by atoms with Crippen LogP contribution in [0.4, 0.5) is 10.1 Å². The third-order valence-electron chi connectivity index (χ3n) is 1.58. The third-order valence-corrected chi connectivity index (χ3v) is 1.58. The van der Waals surface area contributed by atoms with E-state index in [4.69, 9.17) is 9.84 Å². The number of rotatable bonds is 5. The number of ether oxygens (including phenoxy) is 1. The van der Waals surface area contributed by atoms with Gasteiger partial charge >= 0.3 is 0 Å². The highest BCUT2D eigenvalue weighted by Gasteiger charge is 2.02. The maximum absolute atomic E-state index is 12.7. The first-order valence-electron chi connectivity index (χ1n) is 4.46. The Bertz CT molecular complexity index is 330. The molecule has 1 aromatic rings. The molecule has 0 atom stereocenters. The summed E-state index contributed by atoms with van der Waals surface area (Å²) in [6.07, 6.45) is 0. The van der Waals surface area contributed by atoms with E-state index in [0.29, 0.717) is 5.69 Å². The summed E-state index contributed by atoms with van der Waals surface area (Å²) in [5.41, 5.74) is 0.382. The van der Waals surface area contributed by atoms with Gasteiger partial charge in [-0.15, -0.1) is 0 Å². The summed E-state index contributed by atoms with van der Waals surface area (Å²) >= 11 is 0. The summed E-state index contributed by atoms with van der Waals surface area (Å²) in [7, 11) is 0. The zero-order valence-electron chi connectivity index (χ0n) is 8.07. The van der Waals surface area contributed by atoms with Gasteiger partial charge in [0, 0.05) is 5.69 Å². The molecule has 5 heteroatoms. The lowest BCUT2D eigenvalue weighted by molar-refractivity contribution is -0.120. The summed E-state index contributed by atoms with van der Waals surface area (Å²) in [5.74, 6) is -0.793. The van der Waals surface area contributed by atoms with Crippen molar-refractivity contribution in [1.29, 1.82) is 0 Å². The molecule has 0 heterocycles. The first-order chi connectivity index (χ1) is 7.22. The maximum atomic E-state index is 12.7. The number of nitrogens with one attached hydrogen (secondary N) is 1. The lowest BCUT2D eigenvalue weighted by Crippen LogP contribution is -2.19. The predicted molar refractivity (Wildman–Crippen MR) is 52.9 cm³/mol. The molecular formula is C10H12FNO3. The molecule has 0 fully saturated rings. The van der Waals surface area contributed by atoms with Gasteiger partial charge in [0.05, 0.1) is 13.2 Å². The molecule has 82 valence electrons. The first kappa shape index (κ1) is 11.6. The highest BCUT2D eigenvalue weighted by molar-refractivity contribution is 5.91. The Balaban J connectivity index is 2.37. The van der Waals surface area contributed by atoms with Gasteiger partial charge in [0.2, 0.25) is 5.91 Å². The van der Waals surface area contributed by atoms with E-state index in [0.717, 1.165) is 0 Å². The Morgan fingerprint density at radius 1 is 1.53 bits per heavy atom. The molecule has 0 saturated heterocycles. The molecule has 0 spiro atoms. The number of aliphatic hydroxyl groups is 1. The van der Waals surface area contributed by atoms with E-state index in [9.17, 15) is 9.18 Å². The zero-order chi connectivity index (χ0) is 11.1. The number of anilines is 1. The van der Waals surface area contributed by atoms with Gasteiger partial charge in [0.25, 0.3) is 0 Å². The van der Waals surface area contributed by atoms with E-state index < -0.39 is 5.82 Å². The molecule has 1 rings (SSSR count). The zero-order valence-corrected chi connectivity index (χ0v) is 8.07. The number of hydrogen-bond acceptors (Lipinski definition) is 3.